The number of hydrogen-bond donors (Lipinski definition) is 3. The summed E-state index contributed by atoms with van der Waals surface area (Å²) in [6.07, 6.45) is 1.37. The van der Waals surface area contributed by atoms with Gasteiger partial charge in [0.05, 0.1) is 35.7 Å². The number of nitro groups is 1. The Morgan fingerprint density at radius 1 is 1.15 bits per heavy atom. The van der Waals surface area contributed by atoms with Crippen molar-refractivity contribution in [2.45, 2.75) is 17.0 Å². The number of aliphatic hydroxyl groups excluding tert-OH is 2. The summed E-state index contributed by atoms with van der Waals surface area (Å²) in [4.78, 5) is 22.6. The van der Waals surface area contributed by atoms with Gasteiger partial charge in [0.2, 0.25) is 15.9 Å². The molecule has 3 N–H and O–H groups in total. The molecule has 0 saturated carbocycles. The zero-order valence-electron chi connectivity index (χ0n) is 18.1. The number of non-ortho nitro benzene ring substituents is 1. The highest BCUT2D eigenvalue weighted by atomic mass is 32.2. The fourth-order valence-electron chi connectivity index (χ4n) is 3.34. The van der Waals surface area contributed by atoms with Crippen LogP contribution in [0.1, 0.15) is 17.2 Å². The van der Waals surface area contributed by atoms with Gasteiger partial charge < -0.3 is 20.3 Å². The molecule has 2 atom stereocenters. The van der Waals surface area contributed by atoms with E-state index in [9.17, 15) is 33.5 Å². The molecule has 182 valence electrons. The molecule has 1 saturated heterocycles. The highest BCUT2D eigenvalue weighted by molar-refractivity contribution is 7.89. The lowest BCUT2D eigenvalue weighted by atomic mass is 10.0. The van der Waals surface area contributed by atoms with Gasteiger partial charge in [-0.3, -0.25) is 14.9 Å². The zero-order valence-corrected chi connectivity index (χ0v) is 18.9. The van der Waals surface area contributed by atoms with E-state index in [2.05, 4.69) is 5.32 Å². The van der Waals surface area contributed by atoms with Crippen LogP contribution in [0.5, 0.6) is 0 Å². The van der Waals surface area contributed by atoms with Crippen molar-refractivity contribution in [1.29, 1.82) is 0 Å². The molecule has 11 nitrogen and oxygen atoms in total. The summed E-state index contributed by atoms with van der Waals surface area (Å²) in [7, 11) is -3.62. The van der Waals surface area contributed by atoms with Gasteiger partial charge in [-0.15, -0.1) is 0 Å². The van der Waals surface area contributed by atoms with Gasteiger partial charge >= 0.3 is 0 Å². The summed E-state index contributed by atoms with van der Waals surface area (Å²) < 4.78 is 31.9. The number of nitro benzene ring substituents is 1. The Hall–Kier alpha value is -3.16. The van der Waals surface area contributed by atoms with Crippen LogP contribution in [-0.2, 0) is 19.6 Å². The number of carbonyl (C=O) groups excluding carboxylic acids is 1. The fraction of sp³-hybridized carbons (Fsp3) is 0.318. The second kappa shape index (κ2) is 11.3. The molecule has 0 spiro atoms. The van der Waals surface area contributed by atoms with Crippen molar-refractivity contribution >= 4 is 27.7 Å². The largest absolute Gasteiger partial charge is 0.394 e. The van der Waals surface area contributed by atoms with Gasteiger partial charge in [-0.25, -0.2) is 8.42 Å². The first-order chi connectivity index (χ1) is 16.2. The number of morpholine rings is 1. The van der Waals surface area contributed by atoms with Crippen LogP contribution < -0.4 is 5.32 Å². The number of aliphatic hydroxyl groups is 2. The smallest absolute Gasteiger partial charge is 0.269 e. The predicted octanol–water partition coefficient (Wildman–Crippen LogP) is 0.840. The molecule has 1 amide bonds. The lowest BCUT2D eigenvalue weighted by molar-refractivity contribution is -0.384. The summed E-state index contributed by atoms with van der Waals surface area (Å²) in [6.45, 7) is 0.724. The molecule has 0 radical (unpaired) electrons. The molecule has 2 aromatic rings. The van der Waals surface area contributed by atoms with E-state index >= 15 is 0 Å². The molecule has 34 heavy (non-hydrogen) atoms. The second-order valence-corrected chi connectivity index (χ2v) is 9.45. The maximum atomic E-state index is 12.7. The first-order valence-electron chi connectivity index (χ1n) is 10.4. The molecule has 1 aliphatic rings. The quantitative estimate of drug-likeness (QED) is 0.264. The van der Waals surface area contributed by atoms with Crippen LogP contribution in [0.15, 0.2) is 59.5 Å². The Kier molecular flexibility index (Phi) is 8.47. The van der Waals surface area contributed by atoms with Gasteiger partial charge in [0.25, 0.3) is 5.69 Å². The summed E-state index contributed by atoms with van der Waals surface area (Å²) in [5.74, 6) is -0.593. The molecule has 0 bridgehead atoms. The van der Waals surface area contributed by atoms with Crippen LogP contribution in [0.4, 0.5) is 5.69 Å². The van der Waals surface area contributed by atoms with Crippen molar-refractivity contribution in [2.75, 3.05) is 32.9 Å². The zero-order chi connectivity index (χ0) is 24.7. The van der Waals surface area contributed by atoms with Gasteiger partial charge in [0.1, 0.15) is 6.10 Å². The standard InChI is InChI=1S/C22H25N3O8S/c26-15-20(22(28)17-4-6-18(7-5-17)25(29)30)23-21(27)10-3-16-1-8-19(9-2-16)34(31,32)24-11-13-33-14-12-24/h1-10,20,22,26,28H,11-15H2,(H,23,27). The van der Waals surface area contributed by atoms with Gasteiger partial charge in [-0.2, -0.15) is 4.31 Å². The second-order valence-electron chi connectivity index (χ2n) is 7.51. The van der Waals surface area contributed by atoms with Gasteiger partial charge in [-0.05, 0) is 41.5 Å². The summed E-state index contributed by atoms with van der Waals surface area (Å²) in [5, 5.41) is 33.2. The van der Waals surface area contributed by atoms with E-state index in [0.29, 0.717) is 37.4 Å². The Bertz CT molecular complexity index is 1130. The Morgan fingerprint density at radius 3 is 2.32 bits per heavy atom. The molecule has 0 aromatic heterocycles. The summed E-state index contributed by atoms with van der Waals surface area (Å²) >= 11 is 0. The van der Waals surface area contributed by atoms with Crippen molar-refractivity contribution in [3.05, 3.63) is 75.8 Å². The maximum Gasteiger partial charge on any atom is 0.269 e. The van der Waals surface area contributed by atoms with Crippen molar-refractivity contribution < 1.29 is 33.1 Å². The van der Waals surface area contributed by atoms with Crippen LogP contribution in [0, 0.1) is 10.1 Å². The first kappa shape index (κ1) is 25.5. The summed E-state index contributed by atoms with van der Waals surface area (Å²) in [6, 6.07) is 10.1. The van der Waals surface area contributed by atoms with Crippen molar-refractivity contribution in [3.63, 3.8) is 0 Å². The van der Waals surface area contributed by atoms with E-state index in [4.69, 9.17) is 4.74 Å². The molecule has 1 aliphatic heterocycles. The Balaban J connectivity index is 1.61. The molecular weight excluding hydrogens is 466 g/mol. The minimum Gasteiger partial charge on any atom is -0.394 e. The minimum absolute atomic E-state index is 0.141. The number of nitrogens with one attached hydrogen (secondary N) is 1. The average Bonchev–Trinajstić information content (AvgIpc) is 2.86. The van der Waals surface area contributed by atoms with Crippen LogP contribution in [0.25, 0.3) is 6.08 Å². The number of amides is 1. The van der Waals surface area contributed by atoms with Crippen molar-refractivity contribution in [2.24, 2.45) is 0 Å². The lowest BCUT2D eigenvalue weighted by Crippen LogP contribution is -2.41. The number of rotatable bonds is 9. The third-order valence-electron chi connectivity index (χ3n) is 5.27. The van der Waals surface area contributed by atoms with Gasteiger partial charge in [-0.1, -0.05) is 12.1 Å². The number of ether oxygens (including phenoxy) is 1. The number of sulfonamides is 1. The van der Waals surface area contributed by atoms with Crippen molar-refractivity contribution in [3.8, 4) is 0 Å². The lowest BCUT2D eigenvalue weighted by Gasteiger charge is -2.26. The summed E-state index contributed by atoms with van der Waals surface area (Å²) in [5.41, 5.74) is 0.728. The van der Waals surface area contributed by atoms with E-state index in [1.54, 1.807) is 12.1 Å². The molecule has 1 fully saturated rings. The molecule has 2 aromatic carbocycles. The normalized spacial score (nSPS) is 16.8. The number of hydrogen-bond acceptors (Lipinski definition) is 8. The fourth-order valence-corrected chi connectivity index (χ4v) is 4.75. The number of benzene rings is 2. The minimum atomic E-state index is -3.62. The molecule has 0 aliphatic carbocycles. The van der Waals surface area contributed by atoms with Crippen LogP contribution >= 0.6 is 0 Å². The van der Waals surface area contributed by atoms with Gasteiger partial charge in [0, 0.05) is 31.3 Å². The molecule has 1 heterocycles. The predicted molar refractivity (Wildman–Crippen MR) is 122 cm³/mol. The molecular formula is C22H25N3O8S. The SMILES string of the molecule is O=C(C=Cc1ccc(S(=O)(=O)N2CCOCC2)cc1)NC(CO)C(O)c1ccc([N+](=O)[O-])cc1. The topological polar surface area (TPSA) is 159 Å². The highest BCUT2D eigenvalue weighted by Gasteiger charge is 2.26. The maximum absolute atomic E-state index is 12.7. The van der Waals surface area contributed by atoms with Crippen LogP contribution in [0.3, 0.4) is 0 Å². The third kappa shape index (κ3) is 6.24. The van der Waals surface area contributed by atoms with E-state index in [0.717, 1.165) is 0 Å². The molecule has 3 rings (SSSR count). The third-order valence-corrected chi connectivity index (χ3v) is 7.18. The van der Waals surface area contributed by atoms with Crippen molar-refractivity contribution in [1.82, 2.24) is 9.62 Å². The first-order valence-corrected chi connectivity index (χ1v) is 11.9. The Labute approximate surface area is 196 Å². The van der Waals surface area contributed by atoms with E-state index in [1.165, 1.54) is 52.9 Å². The number of carbonyl (C=O) groups is 1. The van der Waals surface area contributed by atoms with E-state index in [1.807, 2.05) is 0 Å². The molecule has 2 unspecified atom stereocenters. The van der Waals surface area contributed by atoms with E-state index < -0.39 is 39.6 Å². The number of nitrogens with zero attached hydrogens (tertiary/aromatic N) is 2. The monoisotopic (exact) mass is 491 g/mol. The highest BCUT2D eigenvalue weighted by Crippen LogP contribution is 2.21. The van der Waals surface area contributed by atoms with Gasteiger partial charge in [0.15, 0.2) is 0 Å². The Morgan fingerprint density at radius 2 is 1.76 bits per heavy atom. The molecule has 12 heteroatoms. The van der Waals surface area contributed by atoms with Crippen LogP contribution in [0.2, 0.25) is 0 Å². The van der Waals surface area contributed by atoms with Crippen LogP contribution in [-0.4, -0.2) is 72.7 Å². The van der Waals surface area contributed by atoms with E-state index in [-0.39, 0.29) is 10.6 Å². The average molecular weight is 492 g/mol.